The minimum absolute atomic E-state index is 0.0672. The number of halogens is 2. The highest BCUT2D eigenvalue weighted by atomic mass is 79.9. The summed E-state index contributed by atoms with van der Waals surface area (Å²) in [5.41, 5.74) is 0. The molecule has 14 heavy (non-hydrogen) atoms. The molecule has 0 aromatic heterocycles. The Morgan fingerprint density at radius 2 is 1.86 bits per heavy atom. The van der Waals surface area contributed by atoms with E-state index in [9.17, 15) is 0 Å². The largest absolute Gasteiger partial charge is 0.488 e. The van der Waals surface area contributed by atoms with Gasteiger partial charge in [-0.1, -0.05) is 6.07 Å². The van der Waals surface area contributed by atoms with Gasteiger partial charge in [0, 0.05) is 0 Å². The van der Waals surface area contributed by atoms with Crippen LogP contribution in [0.25, 0.3) is 0 Å². The fourth-order valence-electron chi connectivity index (χ4n) is 0.853. The predicted molar refractivity (Wildman–Crippen MR) is 60.4 cm³/mol. The topological polar surface area (TPSA) is 49.7 Å². The summed E-state index contributed by atoms with van der Waals surface area (Å²) >= 11 is 6.64. The molecule has 78 valence electrons. The van der Waals surface area contributed by atoms with E-state index in [0.717, 1.165) is 8.95 Å². The van der Waals surface area contributed by atoms with Crippen molar-refractivity contribution in [2.75, 3.05) is 13.2 Å². The lowest BCUT2D eigenvalue weighted by Crippen LogP contribution is -2.21. The Morgan fingerprint density at radius 3 is 2.36 bits per heavy atom. The fourth-order valence-corrected chi connectivity index (χ4v) is 2.08. The number of hydrogen-bond acceptors (Lipinski definition) is 3. The molecule has 0 saturated heterocycles. The molecule has 5 heteroatoms. The maximum Gasteiger partial charge on any atom is 0.147 e. The molecule has 1 rings (SSSR count). The second-order valence-electron chi connectivity index (χ2n) is 2.70. The first-order valence-electron chi connectivity index (χ1n) is 4.01. The SMILES string of the molecule is OCC(O)COc1c(Br)cccc1Br. The van der Waals surface area contributed by atoms with Gasteiger partial charge in [-0.25, -0.2) is 0 Å². The highest BCUT2D eigenvalue weighted by Crippen LogP contribution is 2.32. The van der Waals surface area contributed by atoms with E-state index in [-0.39, 0.29) is 13.2 Å². The van der Waals surface area contributed by atoms with Gasteiger partial charge in [0.15, 0.2) is 0 Å². The van der Waals surface area contributed by atoms with Gasteiger partial charge in [-0.05, 0) is 44.0 Å². The van der Waals surface area contributed by atoms with Gasteiger partial charge < -0.3 is 14.9 Å². The number of ether oxygens (including phenoxy) is 1. The Hall–Kier alpha value is -0.100. The lowest BCUT2D eigenvalue weighted by molar-refractivity contribution is 0.0531. The molecule has 0 aliphatic carbocycles. The molecule has 0 spiro atoms. The van der Waals surface area contributed by atoms with E-state index in [4.69, 9.17) is 14.9 Å². The Labute approximate surface area is 99.0 Å². The highest BCUT2D eigenvalue weighted by Gasteiger charge is 2.08. The normalized spacial score (nSPS) is 12.6. The van der Waals surface area contributed by atoms with Crippen LogP contribution in [-0.2, 0) is 0 Å². The number of para-hydroxylation sites is 1. The summed E-state index contributed by atoms with van der Waals surface area (Å²) in [6, 6.07) is 5.54. The average Bonchev–Trinajstić information content (AvgIpc) is 2.16. The van der Waals surface area contributed by atoms with Crippen molar-refractivity contribution >= 4 is 31.9 Å². The van der Waals surface area contributed by atoms with Crippen molar-refractivity contribution in [2.45, 2.75) is 6.10 Å². The Balaban J connectivity index is 2.66. The van der Waals surface area contributed by atoms with Crippen LogP contribution in [0.15, 0.2) is 27.1 Å². The van der Waals surface area contributed by atoms with Crippen molar-refractivity contribution in [1.29, 1.82) is 0 Å². The average molecular weight is 326 g/mol. The maximum atomic E-state index is 9.10. The number of aliphatic hydroxyl groups is 2. The quantitative estimate of drug-likeness (QED) is 0.889. The van der Waals surface area contributed by atoms with Crippen LogP contribution < -0.4 is 4.74 Å². The lowest BCUT2D eigenvalue weighted by atomic mass is 10.3. The van der Waals surface area contributed by atoms with Crippen LogP contribution in [-0.4, -0.2) is 29.5 Å². The van der Waals surface area contributed by atoms with E-state index in [2.05, 4.69) is 31.9 Å². The summed E-state index contributed by atoms with van der Waals surface area (Å²) < 4.78 is 6.92. The van der Waals surface area contributed by atoms with Crippen LogP contribution >= 0.6 is 31.9 Å². The first-order valence-corrected chi connectivity index (χ1v) is 5.59. The smallest absolute Gasteiger partial charge is 0.147 e. The second kappa shape index (κ2) is 5.70. The van der Waals surface area contributed by atoms with E-state index < -0.39 is 6.10 Å². The summed E-state index contributed by atoms with van der Waals surface area (Å²) in [4.78, 5) is 0. The molecule has 0 radical (unpaired) electrons. The molecule has 1 aromatic rings. The number of rotatable bonds is 4. The third-order valence-corrected chi connectivity index (χ3v) is 2.80. The van der Waals surface area contributed by atoms with Crippen LogP contribution in [0.2, 0.25) is 0 Å². The molecule has 3 nitrogen and oxygen atoms in total. The highest BCUT2D eigenvalue weighted by molar-refractivity contribution is 9.11. The van der Waals surface area contributed by atoms with Crippen LogP contribution in [0.4, 0.5) is 0 Å². The minimum Gasteiger partial charge on any atom is -0.488 e. The molecule has 0 heterocycles. The van der Waals surface area contributed by atoms with Gasteiger partial charge in [0.25, 0.3) is 0 Å². The molecule has 1 atom stereocenters. The van der Waals surface area contributed by atoms with Gasteiger partial charge in [0.05, 0.1) is 15.6 Å². The summed E-state index contributed by atoms with van der Waals surface area (Å²) in [5, 5.41) is 17.7. The van der Waals surface area contributed by atoms with Gasteiger partial charge in [0.1, 0.15) is 18.5 Å². The van der Waals surface area contributed by atoms with Crippen LogP contribution in [0, 0.1) is 0 Å². The molecule has 0 amide bonds. The zero-order valence-corrected chi connectivity index (χ0v) is 10.5. The maximum absolute atomic E-state index is 9.10. The third-order valence-electron chi connectivity index (χ3n) is 1.55. The Bertz CT molecular complexity index is 284. The molecule has 1 aromatic carbocycles. The molecule has 0 saturated carbocycles. The molecule has 0 fully saturated rings. The summed E-state index contributed by atoms with van der Waals surface area (Å²) in [5.74, 6) is 0.625. The van der Waals surface area contributed by atoms with Gasteiger partial charge in [0.2, 0.25) is 0 Å². The van der Waals surface area contributed by atoms with E-state index in [1.807, 2.05) is 18.2 Å². The zero-order chi connectivity index (χ0) is 10.6. The molecule has 0 aliphatic rings. The first kappa shape index (κ1) is 12.0. The summed E-state index contributed by atoms with van der Waals surface area (Å²) in [7, 11) is 0. The zero-order valence-electron chi connectivity index (χ0n) is 7.28. The Kier molecular flexibility index (Phi) is 4.88. The minimum atomic E-state index is -0.853. The standard InChI is InChI=1S/C9H10Br2O3/c10-7-2-1-3-8(11)9(7)14-5-6(13)4-12/h1-3,6,12-13H,4-5H2. The lowest BCUT2D eigenvalue weighted by Gasteiger charge is -2.12. The van der Waals surface area contributed by atoms with Crippen LogP contribution in [0.1, 0.15) is 0 Å². The van der Waals surface area contributed by atoms with Gasteiger partial charge in [-0.15, -0.1) is 0 Å². The van der Waals surface area contributed by atoms with Crippen molar-refractivity contribution in [2.24, 2.45) is 0 Å². The molecule has 2 N–H and O–H groups in total. The van der Waals surface area contributed by atoms with E-state index in [1.54, 1.807) is 0 Å². The van der Waals surface area contributed by atoms with E-state index in [0.29, 0.717) is 5.75 Å². The molecule has 0 aliphatic heterocycles. The second-order valence-corrected chi connectivity index (χ2v) is 4.41. The van der Waals surface area contributed by atoms with Crippen LogP contribution in [0.3, 0.4) is 0 Å². The summed E-state index contributed by atoms with van der Waals surface area (Å²) in [6.07, 6.45) is -0.853. The van der Waals surface area contributed by atoms with Crippen molar-refractivity contribution in [3.63, 3.8) is 0 Å². The van der Waals surface area contributed by atoms with E-state index in [1.165, 1.54) is 0 Å². The first-order chi connectivity index (χ1) is 6.65. The van der Waals surface area contributed by atoms with Gasteiger partial charge >= 0.3 is 0 Å². The molecule has 1 unspecified atom stereocenters. The molecular weight excluding hydrogens is 316 g/mol. The van der Waals surface area contributed by atoms with Crippen molar-refractivity contribution in [1.82, 2.24) is 0 Å². The number of benzene rings is 1. The van der Waals surface area contributed by atoms with Gasteiger partial charge in [-0.3, -0.25) is 0 Å². The van der Waals surface area contributed by atoms with Crippen molar-refractivity contribution < 1.29 is 14.9 Å². The fraction of sp³-hybridized carbons (Fsp3) is 0.333. The third kappa shape index (κ3) is 3.24. The van der Waals surface area contributed by atoms with Crippen molar-refractivity contribution in [3.8, 4) is 5.75 Å². The Morgan fingerprint density at radius 1 is 1.29 bits per heavy atom. The van der Waals surface area contributed by atoms with E-state index >= 15 is 0 Å². The summed E-state index contributed by atoms with van der Waals surface area (Å²) in [6.45, 7) is -0.236. The number of aliphatic hydroxyl groups excluding tert-OH is 2. The monoisotopic (exact) mass is 324 g/mol. The number of hydrogen-bond donors (Lipinski definition) is 2. The van der Waals surface area contributed by atoms with Crippen molar-refractivity contribution in [3.05, 3.63) is 27.1 Å². The molecular formula is C9H10Br2O3. The van der Waals surface area contributed by atoms with Gasteiger partial charge in [-0.2, -0.15) is 0 Å². The molecule has 0 bridgehead atoms. The predicted octanol–water partition coefficient (Wildman–Crippen LogP) is 1.94. The van der Waals surface area contributed by atoms with Crippen LogP contribution in [0.5, 0.6) is 5.75 Å².